The molecule has 1 aliphatic rings. The van der Waals surface area contributed by atoms with E-state index in [4.69, 9.17) is 5.73 Å². The average molecular weight is 199 g/mol. The Morgan fingerprint density at radius 2 is 2.36 bits per heavy atom. The van der Waals surface area contributed by atoms with Crippen molar-refractivity contribution in [1.82, 2.24) is 10.2 Å². The Kier molecular flexibility index (Phi) is 3.50. The van der Waals surface area contributed by atoms with Gasteiger partial charge in [0.15, 0.2) is 0 Å². The van der Waals surface area contributed by atoms with Gasteiger partial charge >= 0.3 is 0 Å². The third-order valence-corrected chi connectivity index (χ3v) is 3.14. The third-order valence-electron chi connectivity index (χ3n) is 3.14. The Labute approximate surface area is 85.8 Å². The number of carbonyl (C=O) groups excluding carboxylic acids is 1. The fourth-order valence-corrected chi connectivity index (χ4v) is 1.90. The zero-order chi connectivity index (χ0) is 10.8. The Bertz CT molecular complexity index is 219. The van der Waals surface area contributed by atoms with E-state index in [1.807, 2.05) is 6.92 Å². The van der Waals surface area contributed by atoms with Crippen LogP contribution in [0, 0.1) is 5.92 Å². The molecule has 0 radical (unpaired) electrons. The second-order valence-corrected chi connectivity index (χ2v) is 4.58. The molecule has 1 amide bonds. The lowest BCUT2D eigenvalue weighted by Gasteiger charge is -2.30. The number of primary amides is 1. The monoisotopic (exact) mass is 199 g/mol. The number of nitrogens with zero attached hydrogens (tertiary/aromatic N) is 1. The Hall–Kier alpha value is -0.610. The summed E-state index contributed by atoms with van der Waals surface area (Å²) in [6.45, 7) is 6.96. The lowest BCUT2D eigenvalue weighted by molar-refractivity contribution is -0.124. The molecule has 0 saturated carbocycles. The number of likely N-dealkylation sites (tertiary alicyclic amines) is 1. The lowest BCUT2D eigenvalue weighted by atomic mass is 10.0. The van der Waals surface area contributed by atoms with E-state index in [9.17, 15) is 4.79 Å². The lowest BCUT2D eigenvalue weighted by Crippen LogP contribution is -2.58. The standard InChI is InChI=1S/C10H21N3O/c1-8-4-5-13(6-8)7-10(2,12-3)9(11)14/h8,12H,4-7H2,1-3H3,(H2,11,14). The maximum absolute atomic E-state index is 11.3. The Morgan fingerprint density at radius 1 is 1.71 bits per heavy atom. The first-order chi connectivity index (χ1) is 6.48. The van der Waals surface area contributed by atoms with Gasteiger partial charge in [0.25, 0.3) is 0 Å². The minimum absolute atomic E-state index is 0.278. The van der Waals surface area contributed by atoms with Crippen LogP contribution in [0.25, 0.3) is 0 Å². The summed E-state index contributed by atoms with van der Waals surface area (Å²) in [7, 11) is 1.78. The Balaban J connectivity index is 2.52. The number of likely N-dealkylation sites (N-methyl/N-ethyl adjacent to an activating group) is 1. The van der Waals surface area contributed by atoms with Crippen molar-refractivity contribution < 1.29 is 4.79 Å². The van der Waals surface area contributed by atoms with Gasteiger partial charge < -0.3 is 16.0 Å². The van der Waals surface area contributed by atoms with Crippen molar-refractivity contribution in [3.05, 3.63) is 0 Å². The van der Waals surface area contributed by atoms with Crippen molar-refractivity contribution >= 4 is 5.91 Å². The third kappa shape index (κ3) is 2.45. The highest BCUT2D eigenvalue weighted by atomic mass is 16.1. The molecule has 4 heteroatoms. The van der Waals surface area contributed by atoms with E-state index in [1.54, 1.807) is 7.05 Å². The topological polar surface area (TPSA) is 58.4 Å². The van der Waals surface area contributed by atoms with Crippen molar-refractivity contribution in [1.29, 1.82) is 0 Å². The summed E-state index contributed by atoms with van der Waals surface area (Å²) in [5, 5.41) is 3.00. The molecule has 0 aromatic carbocycles. The van der Waals surface area contributed by atoms with Crippen LogP contribution in [0.5, 0.6) is 0 Å². The van der Waals surface area contributed by atoms with Crippen molar-refractivity contribution in [3.63, 3.8) is 0 Å². The van der Waals surface area contributed by atoms with Crippen LogP contribution in [0.3, 0.4) is 0 Å². The summed E-state index contributed by atoms with van der Waals surface area (Å²) in [5.41, 5.74) is 4.77. The highest BCUT2D eigenvalue weighted by Crippen LogP contribution is 2.17. The Morgan fingerprint density at radius 3 is 2.71 bits per heavy atom. The number of carbonyl (C=O) groups is 1. The number of hydrogen-bond acceptors (Lipinski definition) is 3. The first-order valence-electron chi connectivity index (χ1n) is 5.19. The predicted molar refractivity (Wildman–Crippen MR) is 56.9 cm³/mol. The molecule has 1 aliphatic heterocycles. The van der Waals surface area contributed by atoms with E-state index < -0.39 is 5.54 Å². The molecule has 2 unspecified atom stereocenters. The van der Waals surface area contributed by atoms with Crippen LogP contribution in [0.15, 0.2) is 0 Å². The van der Waals surface area contributed by atoms with Gasteiger partial charge in [-0.1, -0.05) is 6.92 Å². The van der Waals surface area contributed by atoms with Gasteiger partial charge in [-0.25, -0.2) is 0 Å². The first kappa shape index (κ1) is 11.5. The summed E-state index contributed by atoms with van der Waals surface area (Å²) < 4.78 is 0. The molecule has 1 fully saturated rings. The maximum atomic E-state index is 11.3. The molecular formula is C10H21N3O. The van der Waals surface area contributed by atoms with E-state index in [0.717, 1.165) is 19.0 Å². The molecule has 1 rings (SSSR count). The molecule has 2 atom stereocenters. The molecular weight excluding hydrogens is 178 g/mol. The summed E-state index contributed by atoms with van der Waals surface area (Å²) in [6, 6.07) is 0. The van der Waals surface area contributed by atoms with Crippen LogP contribution >= 0.6 is 0 Å². The number of amides is 1. The summed E-state index contributed by atoms with van der Waals surface area (Å²) in [5.74, 6) is 0.462. The molecule has 0 aliphatic carbocycles. The highest BCUT2D eigenvalue weighted by Gasteiger charge is 2.33. The minimum atomic E-state index is -0.593. The van der Waals surface area contributed by atoms with Crippen molar-refractivity contribution in [2.24, 2.45) is 11.7 Å². The molecule has 82 valence electrons. The van der Waals surface area contributed by atoms with Crippen LogP contribution in [0.1, 0.15) is 20.3 Å². The molecule has 1 saturated heterocycles. The molecule has 0 bridgehead atoms. The van der Waals surface area contributed by atoms with Crippen LogP contribution < -0.4 is 11.1 Å². The van der Waals surface area contributed by atoms with Crippen LogP contribution in [0.2, 0.25) is 0 Å². The van der Waals surface area contributed by atoms with Crippen molar-refractivity contribution in [2.45, 2.75) is 25.8 Å². The predicted octanol–water partition coefficient (Wildman–Crippen LogP) is -0.208. The molecule has 14 heavy (non-hydrogen) atoms. The molecule has 4 nitrogen and oxygen atoms in total. The second kappa shape index (κ2) is 4.28. The number of nitrogens with one attached hydrogen (secondary N) is 1. The highest BCUT2D eigenvalue weighted by molar-refractivity contribution is 5.84. The molecule has 0 spiro atoms. The van der Waals surface area contributed by atoms with E-state index >= 15 is 0 Å². The van der Waals surface area contributed by atoms with Gasteiger partial charge in [-0.2, -0.15) is 0 Å². The second-order valence-electron chi connectivity index (χ2n) is 4.58. The number of hydrogen-bond donors (Lipinski definition) is 2. The maximum Gasteiger partial charge on any atom is 0.238 e. The van der Waals surface area contributed by atoms with Gasteiger partial charge in [-0.3, -0.25) is 4.79 Å². The molecule has 0 aromatic rings. The zero-order valence-electron chi connectivity index (χ0n) is 9.34. The SMILES string of the molecule is CNC(C)(CN1CCC(C)C1)C(N)=O. The minimum Gasteiger partial charge on any atom is -0.368 e. The molecule has 1 heterocycles. The van der Waals surface area contributed by atoms with Gasteiger partial charge in [0.05, 0.1) is 0 Å². The largest absolute Gasteiger partial charge is 0.368 e. The zero-order valence-corrected chi connectivity index (χ0v) is 9.34. The summed E-state index contributed by atoms with van der Waals surface area (Å²) >= 11 is 0. The van der Waals surface area contributed by atoms with Gasteiger partial charge in [-0.15, -0.1) is 0 Å². The van der Waals surface area contributed by atoms with E-state index in [1.165, 1.54) is 6.42 Å². The van der Waals surface area contributed by atoms with Gasteiger partial charge in [0.1, 0.15) is 5.54 Å². The van der Waals surface area contributed by atoms with E-state index in [2.05, 4.69) is 17.1 Å². The summed E-state index contributed by atoms with van der Waals surface area (Å²) in [6.07, 6.45) is 1.22. The number of nitrogens with two attached hydrogens (primary N) is 1. The number of rotatable bonds is 4. The van der Waals surface area contributed by atoms with Crippen molar-refractivity contribution in [2.75, 3.05) is 26.7 Å². The quantitative estimate of drug-likeness (QED) is 0.659. The fourth-order valence-electron chi connectivity index (χ4n) is 1.90. The first-order valence-corrected chi connectivity index (χ1v) is 5.19. The van der Waals surface area contributed by atoms with Crippen molar-refractivity contribution in [3.8, 4) is 0 Å². The van der Waals surface area contributed by atoms with Crippen LogP contribution in [-0.2, 0) is 4.79 Å². The van der Waals surface area contributed by atoms with Gasteiger partial charge in [0, 0.05) is 13.1 Å². The molecule has 3 N–H and O–H groups in total. The van der Waals surface area contributed by atoms with Crippen LogP contribution in [0.4, 0.5) is 0 Å². The van der Waals surface area contributed by atoms with E-state index in [0.29, 0.717) is 6.54 Å². The average Bonchev–Trinajstić information content (AvgIpc) is 2.50. The molecule has 0 aromatic heterocycles. The summed E-state index contributed by atoms with van der Waals surface area (Å²) in [4.78, 5) is 13.6. The fraction of sp³-hybridized carbons (Fsp3) is 0.900. The smallest absolute Gasteiger partial charge is 0.238 e. The van der Waals surface area contributed by atoms with E-state index in [-0.39, 0.29) is 5.91 Å². The van der Waals surface area contributed by atoms with Crippen LogP contribution in [-0.4, -0.2) is 43.0 Å². The normalized spacial score (nSPS) is 27.5. The van der Waals surface area contributed by atoms with Gasteiger partial charge in [-0.05, 0) is 32.9 Å². The van der Waals surface area contributed by atoms with Gasteiger partial charge in [0.2, 0.25) is 5.91 Å².